The van der Waals surface area contributed by atoms with Crippen molar-refractivity contribution in [3.63, 3.8) is 0 Å². The van der Waals surface area contributed by atoms with E-state index in [2.05, 4.69) is 53.6 Å². The van der Waals surface area contributed by atoms with Crippen molar-refractivity contribution in [3.8, 4) is 0 Å². The van der Waals surface area contributed by atoms with Crippen molar-refractivity contribution in [1.29, 1.82) is 0 Å². The van der Waals surface area contributed by atoms with Crippen LogP contribution in [0, 0.1) is 11.8 Å². The highest BCUT2D eigenvalue weighted by atomic mass is 127. The van der Waals surface area contributed by atoms with Crippen molar-refractivity contribution in [3.05, 3.63) is 0 Å². The first-order valence-corrected chi connectivity index (χ1v) is 8.20. The maximum Gasteiger partial charge on any atom is 0.0481 e. The molecule has 0 spiro atoms. The van der Waals surface area contributed by atoms with Gasteiger partial charge in [-0.1, -0.05) is 42.9 Å². The van der Waals surface area contributed by atoms with Crippen molar-refractivity contribution in [2.75, 3.05) is 24.2 Å². The molecule has 0 aromatic carbocycles. The Morgan fingerprint density at radius 3 is 2.62 bits per heavy atom. The molecule has 1 rings (SSSR count). The highest BCUT2D eigenvalue weighted by molar-refractivity contribution is 14.1. The Kier molecular flexibility index (Phi) is 7.24. The summed E-state index contributed by atoms with van der Waals surface area (Å²) in [5.41, 5.74) is 0. The fourth-order valence-corrected chi connectivity index (χ4v) is 3.50. The molecule has 2 atom stereocenters. The van der Waals surface area contributed by atoms with Crippen LogP contribution in [0.1, 0.15) is 40.0 Å². The van der Waals surface area contributed by atoms with Gasteiger partial charge in [0, 0.05) is 30.2 Å². The standard InChI is InChI=1S/C13H27IN2/c1-4-5-13(6-12(3)15-10-14)9-16-7-11(2)8-16/h11-13,15H,4-10H2,1-3H3. The van der Waals surface area contributed by atoms with E-state index in [0.717, 1.165) is 16.4 Å². The lowest BCUT2D eigenvalue weighted by Crippen LogP contribution is -2.47. The van der Waals surface area contributed by atoms with Crippen molar-refractivity contribution < 1.29 is 0 Å². The molecule has 1 N–H and O–H groups in total. The van der Waals surface area contributed by atoms with E-state index in [1.807, 2.05) is 0 Å². The third-order valence-electron chi connectivity index (χ3n) is 3.47. The van der Waals surface area contributed by atoms with E-state index in [4.69, 9.17) is 0 Å². The Morgan fingerprint density at radius 1 is 1.44 bits per heavy atom. The van der Waals surface area contributed by atoms with Gasteiger partial charge in [-0.15, -0.1) is 0 Å². The first kappa shape index (κ1) is 14.7. The molecule has 2 nitrogen and oxygen atoms in total. The van der Waals surface area contributed by atoms with Gasteiger partial charge in [0.1, 0.15) is 0 Å². The summed E-state index contributed by atoms with van der Waals surface area (Å²) in [5.74, 6) is 1.83. The molecule has 0 aliphatic carbocycles. The first-order valence-electron chi connectivity index (χ1n) is 6.67. The maximum atomic E-state index is 3.52. The maximum absolute atomic E-state index is 3.52. The third kappa shape index (κ3) is 5.32. The molecule has 1 heterocycles. The molecule has 0 radical (unpaired) electrons. The summed E-state index contributed by atoms with van der Waals surface area (Å²) in [5, 5.41) is 3.52. The van der Waals surface area contributed by atoms with Crippen LogP contribution in [0.2, 0.25) is 0 Å². The molecular weight excluding hydrogens is 311 g/mol. The van der Waals surface area contributed by atoms with Crippen LogP contribution in [0.3, 0.4) is 0 Å². The van der Waals surface area contributed by atoms with Gasteiger partial charge in [-0.3, -0.25) is 0 Å². The van der Waals surface area contributed by atoms with Gasteiger partial charge < -0.3 is 10.2 Å². The van der Waals surface area contributed by atoms with E-state index >= 15 is 0 Å². The zero-order valence-corrected chi connectivity index (χ0v) is 13.2. The first-order chi connectivity index (χ1) is 7.65. The molecule has 2 unspecified atom stereocenters. The van der Waals surface area contributed by atoms with Crippen LogP contribution in [0.15, 0.2) is 0 Å². The zero-order valence-electron chi connectivity index (χ0n) is 11.0. The summed E-state index contributed by atoms with van der Waals surface area (Å²) in [6.45, 7) is 11.0. The van der Waals surface area contributed by atoms with Crippen LogP contribution >= 0.6 is 22.6 Å². The van der Waals surface area contributed by atoms with E-state index in [0.29, 0.717) is 6.04 Å². The molecule has 0 bridgehead atoms. The number of halogens is 1. The minimum atomic E-state index is 0.673. The number of alkyl halides is 1. The quantitative estimate of drug-likeness (QED) is 0.416. The topological polar surface area (TPSA) is 15.3 Å². The van der Waals surface area contributed by atoms with E-state index < -0.39 is 0 Å². The molecule has 1 fully saturated rings. The Balaban J connectivity index is 2.23. The Morgan fingerprint density at radius 2 is 2.12 bits per heavy atom. The van der Waals surface area contributed by atoms with E-state index in [1.165, 1.54) is 38.9 Å². The molecule has 1 aliphatic rings. The number of nitrogens with zero attached hydrogens (tertiary/aromatic N) is 1. The van der Waals surface area contributed by atoms with Crippen molar-refractivity contribution in [1.82, 2.24) is 10.2 Å². The molecule has 0 aromatic heterocycles. The Bertz CT molecular complexity index is 174. The molecular formula is C13H27IN2. The monoisotopic (exact) mass is 338 g/mol. The summed E-state index contributed by atoms with van der Waals surface area (Å²) >= 11 is 2.40. The number of hydrogen-bond acceptors (Lipinski definition) is 2. The van der Waals surface area contributed by atoms with Crippen molar-refractivity contribution in [2.45, 2.75) is 46.1 Å². The lowest BCUT2D eigenvalue weighted by atomic mass is 9.92. The minimum Gasteiger partial charge on any atom is -0.306 e. The summed E-state index contributed by atoms with van der Waals surface area (Å²) in [7, 11) is 0. The molecule has 1 saturated heterocycles. The van der Waals surface area contributed by atoms with Crippen LogP contribution in [0.25, 0.3) is 0 Å². The van der Waals surface area contributed by atoms with Gasteiger partial charge in [0.15, 0.2) is 0 Å². The van der Waals surface area contributed by atoms with Crippen LogP contribution in [-0.2, 0) is 0 Å². The van der Waals surface area contributed by atoms with E-state index in [9.17, 15) is 0 Å². The van der Waals surface area contributed by atoms with Gasteiger partial charge in [-0.2, -0.15) is 0 Å². The summed E-state index contributed by atoms with van der Waals surface area (Å²) in [4.78, 5) is 2.63. The fraction of sp³-hybridized carbons (Fsp3) is 1.00. The van der Waals surface area contributed by atoms with Crippen LogP contribution in [0.5, 0.6) is 0 Å². The highest BCUT2D eigenvalue weighted by Gasteiger charge is 2.25. The summed E-state index contributed by atoms with van der Waals surface area (Å²) in [6, 6.07) is 0.673. The van der Waals surface area contributed by atoms with Crippen LogP contribution < -0.4 is 5.32 Å². The van der Waals surface area contributed by atoms with Gasteiger partial charge in [0.05, 0.1) is 0 Å². The minimum absolute atomic E-state index is 0.673. The van der Waals surface area contributed by atoms with Gasteiger partial charge >= 0.3 is 0 Å². The molecule has 96 valence electrons. The SMILES string of the molecule is CCCC(CC(C)NCI)CN1CC(C)C1. The molecule has 3 heteroatoms. The smallest absolute Gasteiger partial charge is 0.0481 e. The lowest BCUT2D eigenvalue weighted by Gasteiger charge is -2.40. The van der Waals surface area contributed by atoms with Gasteiger partial charge in [-0.05, 0) is 31.6 Å². The molecule has 0 saturated carbocycles. The van der Waals surface area contributed by atoms with Gasteiger partial charge in [0.2, 0.25) is 0 Å². The largest absolute Gasteiger partial charge is 0.306 e. The van der Waals surface area contributed by atoms with Gasteiger partial charge in [-0.25, -0.2) is 0 Å². The normalized spacial score (nSPS) is 21.8. The van der Waals surface area contributed by atoms with Crippen LogP contribution in [-0.4, -0.2) is 35.1 Å². The molecule has 0 amide bonds. The summed E-state index contributed by atoms with van der Waals surface area (Å²) < 4.78 is 1.07. The second-order valence-electron chi connectivity index (χ2n) is 5.45. The second kappa shape index (κ2) is 7.88. The third-order valence-corrected chi connectivity index (χ3v) is 3.91. The second-order valence-corrected chi connectivity index (χ2v) is 6.22. The van der Waals surface area contributed by atoms with Crippen LogP contribution in [0.4, 0.5) is 0 Å². The lowest BCUT2D eigenvalue weighted by molar-refractivity contribution is 0.0860. The Hall–Kier alpha value is 0.650. The summed E-state index contributed by atoms with van der Waals surface area (Å²) in [6.07, 6.45) is 4.05. The van der Waals surface area contributed by atoms with E-state index in [-0.39, 0.29) is 0 Å². The van der Waals surface area contributed by atoms with Gasteiger partial charge in [0.25, 0.3) is 0 Å². The van der Waals surface area contributed by atoms with E-state index in [1.54, 1.807) is 0 Å². The molecule has 0 aromatic rings. The van der Waals surface area contributed by atoms with Crippen molar-refractivity contribution >= 4 is 22.6 Å². The number of rotatable bonds is 8. The Labute approximate surface area is 115 Å². The predicted octanol–water partition coefficient (Wildman–Crippen LogP) is 3.12. The molecule has 1 aliphatic heterocycles. The average molecular weight is 338 g/mol. The average Bonchev–Trinajstić information content (AvgIpc) is 2.16. The highest BCUT2D eigenvalue weighted by Crippen LogP contribution is 2.21. The number of hydrogen-bond donors (Lipinski definition) is 1. The van der Waals surface area contributed by atoms with Crippen molar-refractivity contribution in [2.24, 2.45) is 11.8 Å². The predicted molar refractivity (Wildman–Crippen MR) is 80.1 cm³/mol. The fourth-order valence-electron chi connectivity index (χ4n) is 2.75. The molecule has 16 heavy (non-hydrogen) atoms. The number of likely N-dealkylation sites (tertiary alicyclic amines) is 1. The zero-order chi connectivity index (χ0) is 12.0. The number of nitrogens with one attached hydrogen (secondary N) is 1.